The van der Waals surface area contributed by atoms with Gasteiger partial charge in [0.1, 0.15) is 11.5 Å². The third kappa shape index (κ3) is 6.13. The molecular formula is C24H33N3O3. The molecule has 0 saturated carbocycles. The summed E-state index contributed by atoms with van der Waals surface area (Å²) < 4.78 is 17.0. The maximum atomic E-state index is 6.14. The summed E-state index contributed by atoms with van der Waals surface area (Å²) in [5.74, 6) is 3.04. The van der Waals surface area contributed by atoms with Crippen molar-refractivity contribution in [3.8, 4) is 11.5 Å². The number of nitrogens with zero attached hydrogens (tertiary/aromatic N) is 1. The number of methoxy groups -OCH3 is 1. The van der Waals surface area contributed by atoms with Gasteiger partial charge in [-0.15, -0.1) is 0 Å². The van der Waals surface area contributed by atoms with Gasteiger partial charge < -0.3 is 24.8 Å². The highest BCUT2D eigenvalue weighted by Crippen LogP contribution is 2.23. The number of nitrogens with one attached hydrogen (secondary N) is 2. The average molecular weight is 412 g/mol. The van der Waals surface area contributed by atoms with Crippen LogP contribution in [0, 0.1) is 19.8 Å². The van der Waals surface area contributed by atoms with Crippen LogP contribution in [-0.4, -0.2) is 39.9 Å². The van der Waals surface area contributed by atoms with E-state index in [9.17, 15) is 0 Å². The second-order valence-corrected chi connectivity index (χ2v) is 7.74. The van der Waals surface area contributed by atoms with Gasteiger partial charge in [0.15, 0.2) is 5.96 Å². The van der Waals surface area contributed by atoms with Gasteiger partial charge >= 0.3 is 0 Å². The van der Waals surface area contributed by atoms with Crippen molar-refractivity contribution in [1.82, 2.24) is 10.6 Å². The van der Waals surface area contributed by atoms with Gasteiger partial charge in [-0.1, -0.05) is 24.3 Å². The Hall–Kier alpha value is -2.73. The van der Waals surface area contributed by atoms with E-state index in [2.05, 4.69) is 52.9 Å². The number of guanidine groups is 1. The number of hydrogen-bond acceptors (Lipinski definition) is 4. The lowest BCUT2D eigenvalue weighted by Gasteiger charge is -2.17. The summed E-state index contributed by atoms with van der Waals surface area (Å²) in [7, 11) is 3.47. The van der Waals surface area contributed by atoms with Crippen LogP contribution in [-0.2, 0) is 17.8 Å². The van der Waals surface area contributed by atoms with E-state index in [1.54, 1.807) is 14.2 Å². The van der Waals surface area contributed by atoms with Crippen molar-refractivity contribution < 1.29 is 14.2 Å². The molecule has 1 unspecified atom stereocenters. The van der Waals surface area contributed by atoms with Gasteiger partial charge in [0.05, 0.1) is 20.3 Å². The molecule has 30 heavy (non-hydrogen) atoms. The molecule has 1 aliphatic heterocycles. The van der Waals surface area contributed by atoms with Crippen LogP contribution in [0.2, 0.25) is 0 Å². The van der Waals surface area contributed by atoms with E-state index in [0.29, 0.717) is 25.6 Å². The van der Waals surface area contributed by atoms with Gasteiger partial charge in [-0.25, -0.2) is 0 Å². The van der Waals surface area contributed by atoms with Crippen molar-refractivity contribution in [2.45, 2.75) is 33.4 Å². The molecule has 1 atom stereocenters. The maximum absolute atomic E-state index is 6.14. The number of aliphatic imine (C=N–C) groups is 1. The van der Waals surface area contributed by atoms with E-state index in [0.717, 1.165) is 53.8 Å². The zero-order valence-corrected chi connectivity index (χ0v) is 18.5. The molecule has 3 rings (SSSR count). The normalized spacial score (nSPS) is 16.4. The molecule has 0 amide bonds. The van der Waals surface area contributed by atoms with Crippen LogP contribution in [0.4, 0.5) is 0 Å². The molecule has 2 aromatic rings. The molecule has 1 fully saturated rings. The second-order valence-electron chi connectivity index (χ2n) is 7.74. The fourth-order valence-electron chi connectivity index (χ4n) is 3.42. The maximum Gasteiger partial charge on any atom is 0.191 e. The molecular weight excluding hydrogens is 378 g/mol. The Balaban J connectivity index is 1.56. The van der Waals surface area contributed by atoms with Crippen molar-refractivity contribution in [2.75, 3.05) is 34.0 Å². The smallest absolute Gasteiger partial charge is 0.191 e. The Morgan fingerprint density at radius 1 is 1.10 bits per heavy atom. The van der Waals surface area contributed by atoms with Gasteiger partial charge in [-0.3, -0.25) is 4.99 Å². The summed E-state index contributed by atoms with van der Waals surface area (Å²) in [5, 5.41) is 6.75. The van der Waals surface area contributed by atoms with Crippen LogP contribution >= 0.6 is 0 Å². The molecule has 0 bridgehead atoms. The molecule has 6 nitrogen and oxygen atoms in total. The molecule has 1 aliphatic rings. The predicted octanol–water partition coefficient (Wildman–Crippen LogP) is 3.59. The monoisotopic (exact) mass is 411 g/mol. The van der Waals surface area contributed by atoms with E-state index < -0.39 is 0 Å². The Bertz CT molecular complexity index is 861. The third-order valence-corrected chi connectivity index (χ3v) is 5.32. The molecule has 0 aromatic heterocycles. The topological polar surface area (TPSA) is 64.1 Å². The van der Waals surface area contributed by atoms with Crippen molar-refractivity contribution in [2.24, 2.45) is 10.9 Å². The van der Waals surface area contributed by atoms with Crippen LogP contribution in [0.25, 0.3) is 0 Å². The van der Waals surface area contributed by atoms with Crippen molar-refractivity contribution in [3.05, 3.63) is 58.7 Å². The number of aryl methyl sites for hydroxylation is 2. The Morgan fingerprint density at radius 3 is 2.67 bits per heavy atom. The van der Waals surface area contributed by atoms with Crippen LogP contribution in [0.15, 0.2) is 41.4 Å². The highest BCUT2D eigenvalue weighted by molar-refractivity contribution is 5.79. The van der Waals surface area contributed by atoms with E-state index in [-0.39, 0.29) is 0 Å². The second kappa shape index (κ2) is 10.9. The molecule has 2 aromatic carbocycles. The summed E-state index contributed by atoms with van der Waals surface area (Å²) in [6.07, 6.45) is 1.07. The largest absolute Gasteiger partial charge is 0.496 e. The lowest BCUT2D eigenvalue weighted by atomic mass is 10.1. The van der Waals surface area contributed by atoms with Gasteiger partial charge in [0.25, 0.3) is 0 Å². The first-order chi connectivity index (χ1) is 14.6. The quantitative estimate of drug-likeness (QED) is 0.513. The van der Waals surface area contributed by atoms with Crippen molar-refractivity contribution in [1.29, 1.82) is 0 Å². The average Bonchev–Trinajstić information content (AvgIpc) is 3.28. The van der Waals surface area contributed by atoms with Crippen LogP contribution in [0.1, 0.15) is 28.7 Å². The van der Waals surface area contributed by atoms with Crippen LogP contribution in [0.3, 0.4) is 0 Å². The molecule has 0 spiro atoms. The standard InChI is InChI=1S/C24H33N3O3/c1-17-5-8-21(23(11-17)30-16-20-9-10-29-15-20)14-27-24(25-3)26-13-19-7-6-18(2)22(12-19)28-4/h5-8,11-12,20H,9-10,13-16H2,1-4H3,(H2,25,26,27). The SMILES string of the molecule is CN=C(NCc1ccc(C)c(OC)c1)NCc1ccc(C)cc1OCC1CCOC1. The van der Waals surface area contributed by atoms with Gasteiger partial charge in [-0.05, 0) is 49.1 Å². The molecule has 1 saturated heterocycles. The van der Waals surface area contributed by atoms with Crippen molar-refractivity contribution >= 4 is 5.96 Å². The molecule has 1 heterocycles. The summed E-state index contributed by atoms with van der Waals surface area (Å²) in [4.78, 5) is 4.34. The first-order valence-corrected chi connectivity index (χ1v) is 10.5. The Labute approximate surface area is 179 Å². The molecule has 0 aliphatic carbocycles. The molecule has 2 N–H and O–H groups in total. The molecule has 162 valence electrons. The fourth-order valence-corrected chi connectivity index (χ4v) is 3.42. The third-order valence-electron chi connectivity index (χ3n) is 5.32. The fraction of sp³-hybridized carbons (Fsp3) is 0.458. The first-order valence-electron chi connectivity index (χ1n) is 10.5. The van der Waals surface area contributed by atoms with Crippen molar-refractivity contribution in [3.63, 3.8) is 0 Å². The number of hydrogen-bond donors (Lipinski definition) is 2. The minimum atomic E-state index is 0.479. The lowest BCUT2D eigenvalue weighted by molar-refractivity contribution is 0.166. The van der Waals surface area contributed by atoms with Gasteiger partial charge in [0.2, 0.25) is 0 Å². The van der Waals surface area contributed by atoms with E-state index in [1.165, 1.54) is 5.56 Å². The molecule has 6 heteroatoms. The van der Waals surface area contributed by atoms with Gasteiger partial charge in [0, 0.05) is 38.2 Å². The highest BCUT2D eigenvalue weighted by atomic mass is 16.5. The lowest BCUT2D eigenvalue weighted by Crippen LogP contribution is -2.36. The highest BCUT2D eigenvalue weighted by Gasteiger charge is 2.17. The minimum Gasteiger partial charge on any atom is -0.496 e. The zero-order valence-electron chi connectivity index (χ0n) is 18.5. The van der Waals surface area contributed by atoms with Gasteiger partial charge in [-0.2, -0.15) is 0 Å². The number of benzene rings is 2. The predicted molar refractivity (Wildman–Crippen MR) is 120 cm³/mol. The first kappa shape index (κ1) is 22.0. The van der Waals surface area contributed by atoms with Crippen LogP contribution in [0.5, 0.6) is 11.5 Å². The minimum absolute atomic E-state index is 0.479. The summed E-state index contributed by atoms with van der Waals surface area (Å²) in [6, 6.07) is 12.5. The van der Waals surface area contributed by atoms with Crippen LogP contribution < -0.4 is 20.1 Å². The summed E-state index contributed by atoms with van der Waals surface area (Å²) in [6.45, 7) is 7.74. The summed E-state index contributed by atoms with van der Waals surface area (Å²) >= 11 is 0. The molecule has 0 radical (unpaired) electrons. The number of rotatable bonds is 8. The summed E-state index contributed by atoms with van der Waals surface area (Å²) in [5.41, 5.74) is 4.56. The van der Waals surface area contributed by atoms with E-state index >= 15 is 0 Å². The Kier molecular flexibility index (Phi) is 7.97. The van der Waals surface area contributed by atoms with E-state index in [1.807, 2.05) is 13.0 Å². The Morgan fingerprint density at radius 2 is 1.93 bits per heavy atom. The number of ether oxygens (including phenoxy) is 3. The van der Waals surface area contributed by atoms with E-state index in [4.69, 9.17) is 14.2 Å². The zero-order chi connectivity index (χ0) is 21.3.